The molecule has 104 valence electrons. The molecule has 0 spiro atoms. The van der Waals surface area contributed by atoms with Gasteiger partial charge in [0.25, 0.3) is 5.91 Å². The predicted octanol–water partition coefficient (Wildman–Crippen LogP) is 3.85. The van der Waals surface area contributed by atoms with Crippen LogP contribution in [0.4, 0.5) is 14.5 Å². The smallest absolute Gasteiger partial charge is 0.387 e. The van der Waals surface area contributed by atoms with Crippen molar-refractivity contribution in [3.8, 4) is 5.75 Å². The van der Waals surface area contributed by atoms with Crippen LogP contribution in [0, 0.1) is 6.92 Å². The molecule has 0 atom stereocenters. The molecule has 0 aliphatic carbocycles. The Balaban J connectivity index is 2.08. The zero-order valence-corrected chi connectivity index (χ0v) is 10.8. The normalized spacial score (nSPS) is 10.4. The number of benzene rings is 2. The van der Waals surface area contributed by atoms with Crippen LogP contribution in [0.2, 0.25) is 0 Å². The molecule has 0 saturated heterocycles. The van der Waals surface area contributed by atoms with Crippen LogP contribution >= 0.6 is 0 Å². The van der Waals surface area contributed by atoms with E-state index in [4.69, 9.17) is 0 Å². The Morgan fingerprint density at radius 1 is 1.10 bits per heavy atom. The molecule has 2 aromatic carbocycles. The van der Waals surface area contributed by atoms with E-state index < -0.39 is 6.61 Å². The van der Waals surface area contributed by atoms with E-state index in [2.05, 4.69) is 10.1 Å². The lowest BCUT2D eigenvalue weighted by atomic mass is 10.1. The second-order valence-corrected chi connectivity index (χ2v) is 4.17. The SMILES string of the molecule is Cc1ccccc1NC(=O)c1ccc(OC(F)F)cc1. The number of hydrogen-bond donors (Lipinski definition) is 1. The fourth-order valence-corrected chi connectivity index (χ4v) is 1.70. The molecule has 1 N–H and O–H groups in total. The molecule has 0 aromatic heterocycles. The standard InChI is InChI=1S/C15H13F2NO2/c1-10-4-2-3-5-13(10)18-14(19)11-6-8-12(9-7-11)20-15(16)17/h2-9,15H,1H3,(H,18,19). The highest BCUT2D eigenvalue weighted by molar-refractivity contribution is 6.04. The topological polar surface area (TPSA) is 38.3 Å². The van der Waals surface area contributed by atoms with Gasteiger partial charge in [-0.25, -0.2) is 0 Å². The van der Waals surface area contributed by atoms with Crippen molar-refractivity contribution < 1.29 is 18.3 Å². The summed E-state index contributed by atoms with van der Waals surface area (Å²) in [6.45, 7) is -0.989. The third-order valence-corrected chi connectivity index (χ3v) is 2.73. The lowest BCUT2D eigenvalue weighted by molar-refractivity contribution is -0.0498. The second-order valence-electron chi connectivity index (χ2n) is 4.17. The predicted molar refractivity (Wildman–Crippen MR) is 72.2 cm³/mol. The monoisotopic (exact) mass is 277 g/mol. The first-order chi connectivity index (χ1) is 9.56. The first-order valence-electron chi connectivity index (χ1n) is 5.98. The summed E-state index contributed by atoms with van der Waals surface area (Å²) in [4.78, 5) is 12.0. The number of carbonyl (C=O) groups excluding carboxylic acids is 1. The molecule has 5 heteroatoms. The molecule has 0 saturated carbocycles. The number of halogens is 2. The van der Waals surface area contributed by atoms with Gasteiger partial charge in [0.2, 0.25) is 0 Å². The maximum Gasteiger partial charge on any atom is 0.387 e. The van der Waals surface area contributed by atoms with Crippen molar-refractivity contribution in [1.82, 2.24) is 0 Å². The van der Waals surface area contributed by atoms with Gasteiger partial charge >= 0.3 is 6.61 Å². The van der Waals surface area contributed by atoms with Gasteiger partial charge in [0.15, 0.2) is 0 Å². The highest BCUT2D eigenvalue weighted by atomic mass is 19.3. The van der Waals surface area contributed by atoms with E-state index in [0.717, 1.165) is 5.56 Å². The second kappa shape index (κ2) is 6.14. The van der Waals surface area contributed by atoms with Crippen molar-refractivity contribution in [2.24, 2.45) is 0 Å². The third-order valence-electron chi connectivity index (χ3n) is 2.73. The molecular formula is C15H13F2NO2. The molecular weight excluding hydrogens is 264 g/mol. The molecule has 0 aliphatic heterocycles. The molecule has 2 rings (SSSR count). The molecule has 3 nitrogen and oxygen atoms in total. The maximum atomic E-state index is 12.0. The Bertz CT molecular complexity index is 597. The minimum atomic E-state index is -2.87. The lowest BCUT2D eigenvalue weighted by Crippen LogP contribution is -2.12. The van der Waals surface area contributed by atoms with E-state index in [-0.39, 0.29) is 11.7 Å². The fourth-order valence-electron chi connectivity index (χ4n) is 1.70. The highest BCUT2D eigenvalue weighted by Gasteiger charge is 2.09. The number of carbonyl (C=O) groups is 1. The van der Waals surface area contributed by atoms with Gasteiger partial charge in [-0.15, -0.1) is 0 Å². The average Bonchev–Trinajstić information content (AvgIpc) is 2.41. The van der Waals surface area contributed by atoms with Crippen LogP contribution in [0.15, 0.2) is 48.5 Å². The zero-order valence-electron chi connectivity index (χ0n) is 10.8. The summed E-state index contributed by atoms with van der Waals surface area (Å²) in [6, 6.07) is 12.9. The van der Waals surface area contributed by atoms with Gasteiger partial charge in [-0.3, -0.25) is 4.79 Å². The van der Waals surface area contributed by atoms with Crippen LogP contribution in [-0.2, 0) is 0 Å². The molecule has 0 bridgehead atoms. The number of ether oxygens (including phenoxy) is 1. The molecule has 0 radical (unpaired) electrons. The summed E-state index contributed by atoms with van der Waals surface area (Å²) in [5.74, 6) is -0.282. The molecule has 2 aromatic rings. The number of anilines is 1. The summed E-state index contributed by atoms with van der Waals surface area (Å²) < 4.78 is 28.2. The van der Waals surface area contributed by atoms with Crippen molar-refractivity contribution in [3.63, 3.8) is 0 Å². The van der Waals surface area contributed by atoms with Crippen molar-refractivity contribution in [1.29, 1.82) is 0 Å². The van der Waals surface area contributed by atoms with Crippen LogP contribution < -0.4 is 10.1 Å². The Morgan fingerprint density at radius 3 is 2.35 bits per heavy atom. The van der Waals surface area contributed by atoms with E-state index in [9.17, 15) is 13.6 Å². The maximum absolute atomic E-state index is 12.0. The van der Waals surface area contributed by atoms with Gasteiger partial charge in [-0.05, 0) is 42.8 Å². The number of hydrogen-bond acceptors (Lipinski definition) is 2. The number of nitrogens with one attached hydrogen (secondary N) is 1. The Labute approximate surface area is 115 Å². The van der Waals surface area contributed by atoms with Crippen LogP contribution in [0.1, 0.15) is 15.9 Å². The lowest BCUT2D eigenvalue weighted by Gasteiger charge is -2.09. The first-order valence-corrected chi connectivity index (χ1v) is 5.98. The van der Waals surface area contributed by atoms with Crippen molar-refractivity contribution >= 4 is 11.6 Å². The molecule has 0 heterocycles. The average molecular weight is 277 g/mol. The quantitative estimate of drug-likeness (QED) is 0.921. The van der Waals surface area contributed by atoms with Gasteiger partial charge in [0.1, 0.15) is 5.75 Å². The number of rotatable bonds is 4. The largest absolute Gasteiger partial charge is 0.435 e. The van der Waals surface area contributed by atoms with E-state index in [1.807, 2.05) is 25.1 Å². The number of alkyl halides is 2. The summed E-state index contributed by atoms with van der Waals surface area (Å²) in [6.07, 6.45) is 0. The first kappa shape index (κ1) is 14.0. The number of amides is 1. The number of aryl methyl sites for hydroxylation is 1. The van der Waals surface area contributed by atoms with Crippen LogP contribution in [0.25, 0.3) is 0 Å². The van der Waals surface area contributed by atoms with Crippen LogP contribution in [0.3, 0.4) is 0 Å². The van der Waals surface area contributed by atoms with Gasteiger partial charge < -0.3 is 10.1 Å². The van der Waals surface area contributed by atoms with Crippen LogP contribution in [-0.4, -0.2) is 12.5 Å². The minimum Gasteiger partial charge on any atom is -0.435 e. The summed E-state index contributed by atoms with van der Waals surface area (Å²) >= 11 is 0. The summed E-state index contributed by atoms with van der Waals surface area (Å²) in [7, 11) is 0. The number of para-hydroxylation sites is 1. The molecule has 0 aliphatic rings. The highest BCUT2D eigenvalue weighted by Crippen LogP contribution is 2.17. The van der Waals surface area contributed by atoms with E-state index in [0.29, 0.717) is 11.3 Å². The zero-order chi connectivity index (χ0) is 14.5. The molecule has 0 fully saturated rings. The fraction of sp³-hybridized carbons (Fsp3) is 0.133. The summed E-state index contributed by atoms with van der Waals surface area (Å²) in [5, 5.41) is 2.76. The van der Waals surface area contributed by atoms with E-state index in [1.165, 1.54) is 24.3 Å². The van der Waals surface area contributed by atoms with Crippen molar-refractivity contribution in [2.75, 3.05) is 5.32 Å². The Hall–Kier alpha value is -2.43. The molecule has 1 amide bonds. The minimum absolute atomic E-state index is 0.0208. The van der Waals surface area contributed by atoms with Gasteiger partial charge in [0.05, 0.1) is 0 Å². The molecule has 0 unspecified atom stereocenters. The van der Waals surface area contributed by atoms with Crippen LogP contribution in [0.5, 0.6) is 5.75 Å². The Kier molecular flexibility index (Phi) is 4.30. The Morgan fingerprint density at radius 2 is 1.75 bits per heavy atom. The third kappa shape index (κ3) is 3.54. The van der Waals surface area contributed by atoms with Crippen molar-refractivity contribution in [2.45, 2.75) is 13.5 Å². The summed E-state index contributed by atoms with van der Waals surface area (Å²) in [5.41, 5.74) is 2.03. The van der Waals surface area contributed by atoms with Gasteiger partial charge in [-0.1, -0.05) is 18.2 Å². The van der Waals surface area contributed by atoms with E-state index >= 15 is 0 Å². The van der Waals surface area contributed by atoms with Crippen molar-refractivity contribution in [3.05, 3.63) is 59.7 Å². The van der Waals surface area contributed by atoms with Gasteiger partial charge in [0, 0.05) is 11.3 Å². The molecule has 20 heavy (non-hydrogen) atoms. The van der Waals surface area contributed by atoms with Gasteiger partial charge in [-0.2, -0.15) is 8.78 Å². The van der Waals surface area contributed by atoms with E-state index in [1.54, 1.807) is 6.07 Å².